The summed E-state index contributed by atoms with van der Waals surface area (Å²) in [5, 5.41) is 2.92. The van der Waals surface area contributed by atoms with Crippen LogP contribution >= 0.6 is 0 Å². The molecule has 3 rings (SSSR count). The summed E-state index contributed by atoms with van der Waals surface area (Å²) < 4.78 is 11.6. The number of benzene rings is 3. The number of ether oxygens (including phenoxy) is 2. The fraction of sp³-hybridized carbons (Fsp3) is 0.240. The summed E-state index contributed by atoms with van der Waals surface area (Å²) in [6, 6.07) is 25.3. The monoisotopic (exact) mass is 389 g/mol. The lowest BCUT2D eigenvalue weighted by Gasteiger charge is -2.18. The van der Waals surface area contributed by atoms with Crippen LogP contribution in [0.15, 0.2) is 78.9 Å². The van der Waals surface area contributed by atoms with Crippen LogP contribution in [0, 0.1) is 0 Å². The van der Waals surface area contributed by atoms with E-state index in [1.807, 2.05) is 87.5 Å². The second-order valence-corrected chi connectivity index (χ2v) is 7.09. The molecule has 0 fully saturated rings. The van der Waals surface area contributed by atoms with Gasteiger partial charge in [-0.15, -0.1) is 0 Å². The number of nitrogens with one attached hydrogen (secondary N) is 1. The van der Waals surface area contributed by atoms with Gasteiger partial charge in [0.05, 0.1) is 6.10 Å². The molecule has 1 unspecified atom stereocenters. The first-order valence-corrected chi connectivity index (χ1v) is 9.95. The van der Waals surface area contributed by atoms with Crippen LogP contribution in [0.25, 0.3) is 11.1 Å². The smallest absolute Gasteiger partial charge is 0.265 e. The fourth-order valence-electron chi connectivity index (χ4n) is 2.99. The van der Waals surface area contributed by atoms with E-state index < -0.39 is 6.10 Å². The molecule has 0 bridgehead atoms. The molecule has 150 valence electrons. The number of hydrogen-bond donors (Lipinski definition) is 1. The Labute approximate surface area is 172 Å². The van der Waals surface area contributed by atoms with Crippen molar-refractivity contribution in [3.05, 3.63) is 78.9 Å². The number of rotatable bonds is 8. The van der Waals surface area contributed by atoms with Crippen LogP contribution in [-0.4, -0.2) is 18.1 Å². The molecule has 0 aliphatic heterocycles. The zero-order valence-electron chi connectivity index (χ0n) is 17.1. The number of carbonyl (C=O) groups excluding carboxylic acids is 1. The maximum atomic E-state index is 12.7. The molecule has 0 saturated carbocycles. The van der Waals surface area contributed by atoms with E-state index in [2.05, 4.69) is 17.4 Å². The molecule has 4 heteroatoms. The fourth-order valence-corrected chi connectivity index (χ4v) is 2.99. The molecule has 0 saturated heterocycles. The highest BCUT2D eigenvalue weighted by Gasteiger charge is 2.19. The van der Waals surface area contributed by atoms with Crippen LogP contribution in [0.5, 0.6) is 11.5 Å². The molecule has 0 spiro atoms. The predicted octanol–water partition coefficient (Wildman–Crippen LogP) is 5.94. The third kappa shape index (κ3) is 5.85. The van der Waals surface area contributed by atoms with Crippen molar-refractivity contribution >= 4 is 11.6 Å². The number of hydrogen-bond acceptors (Lipinski definition) is 3. The number of amides is 1. The van der Waals surface area contributed by atoms with E-state index in [1.165, 1.54) is 0 Å². The summed E-state index contributed by atoms with van der Waals surface area (Å²) in [7, 11) is 0. The highest BCUT2D eigenvalue weighted by molar-refractivity contribution is 5.94. The molecule has 4 nitrogen and oxygen atoms in total. The van der Waals surface area contributed by atoms with Crippen LogP contribution in [0.3, 0.4) is 0 Å². The highest BCUT2D eigenvalue weighted by atomic mass is 16.5. The van der Waals surface area contributed by atoms with Crippen LogP contribution in [-0.2, 0) is 4.79 Å². The van der Waals surface area contributed by atoms with E-state index in [0.717, 1.165) is 16.9 Å². The summed E-state index contributed by atoms with van der Waals surface area (Å²) in [6.45, 7) is 5.87. The van der Waals surface area contributed by atoms with Gasteiger partial charge in [0.1, 0.15) is 11.5 Å². The van der Waals surface area contributed by atoms with Crippen LogP contribution in [0.4, 0.5) is 5.69 Å². The van der Waals surface area contributed by atoms with E-state index >= 15 is 0 Å². The first-order valence-electron chi connectivity index (χ1n) is 9.95. The van der Waals surface area contributed by atoms with Crippen molar-refractivity contribution in [2.75, 3.05) is 5.32 Å². The third-order valence-corrected chi connectivity index (χ3v) is 4.38. The molecule has 29 heavy (non-hydrogen) atoms. The van der Waals surface area contributed by atoms with Gasteiger partial charge in [0.15, 0.2) is 6.10 Å². The maximum absolute atomic E-state index is 12.7. The quantitative estimate of drug-likeness (QED) is 0.519. The Kier molecular flexibility index (Phi) is 6.90. The average molecular weight is 389 g/mol. The molecular formula is C25H27NO3. The maximum Gasteiger partial charge on any atom is 0.265 e. The summed E-state index contributed by atoms with van der Waals surface area (Å²) in [5.41, 5.74) is 2.94. The van der Waals surface area contributed by atoms with Gasteiger partial charge in [0, 0.05) is 11.8 Å². The minimum atomic E-state index is -0.577. The molecule has 0 aliphatic carbocycles. The van der Waals surface area contributed by atoms with Crippen molar-refractivity contribution in [1.29, 1.82) is 0 Å². The van der Waals surface area contributed by atoms with Crippen molar-refractivity contribution in [2.24, 2.45) is 0 Å². The van der Waals surface area contributed by atoms with Crippen LogP contribution < -0.4 is 14.8 Å². The Hall–Kier alpha value is -3.27. The molecule has 1 atom stereocenters. The molecule has 0 aromatic heterocycles. The summed E-state index contributed by atoms with van der Waals surface area (Å²) in [6.07, 6.45) is 0.0628. The largest absolute Gasteiger partial charge is 0.491 e. The summed E-state index contributed by atoms with van der Waals surface area (Å²) in [5.74, 6) is 1.22. The van der Waals surface area contributed by atoms with Crippen molar-refractivity contribution in [3.63, 3.8) is 0 Å². The molecule has 0 heterocycles. The average Bonchev–Trinajstić information content (AvgIpc) is 2.73. The molecule has 3 aromatic rings. The Balaban J connectivity index is 1.64. The van der Waals surface area contributed by atoms with Gasteiger partial charge in [-0.3, -0.25) is 4.79 Å². The molecule has 1 N–H and O–H groups in total. The van der Waals surface area contributed by atoms with E-state index in [4.69, 9.17) is 9.47 Å². The van der Waals surface area contributed by atoms with Gasteiger partial charge < -0.3 is 14.8 Å². The van der Waals surface area contributed by atoms with Gasteiger partial charge in [0.2, 0.25) is 0 Å². The highest BCUT2D eigenvalue weighted by Crippen LogP contribution is 2.24. The van der Waals surface area contributed by atoms with E-state index in [0.29, 0.717) is 17.9 Å². The minimum absolute atomic E-state index is 0.0755. The molecule has 0 radical (unpaired) electrons. The topological polar surface area (TPSA) is 47.6 Å². The van der Waals surface area contributed by atoms with Crippen molar-refractivity contribution in [2.45, 2.75) is 39.4 Å². The minimum Gasteiger partial charge on any atom is -0.491 e. The Morgan fingerprint density at radius 1 is 0.828 bits per heavy atom. The zero-order chi connectivity index (χ0) is 20.6. The zero-order valence-corrected chi connectivity index (χ0v) is 17.1. The third-order valence-electron chi connectivity index (χ3n) is 4.38. The first kappa shape index (κ1) is 20.5. The first-order chi connectivity index (χ1) is 14.0. The lowest BCUT2D eigenvalue weighted by atomic mass is 10.1. The van der Waals surface area contributed by atoms with Gasteiger partial charge in [-0.05, 0) is 55.7 Å². The lowest BCUT2D eigenvalue weighted by Crippen LogP contribution is -2.32. The second kappa shape index (κ2) is 9.78. The second-order valence-electron chi connectivity index (χ2n) is 7.09. The SMILES string of the molecule is CCC(Oc1ccc(-c2ccccc2)cc1)C(=O)Nc1cccc(OC(C)C)c1. The van der Waals surface area contributed by atoms with Gasteiger partial charge >= 0.3 is 0 Å². The van der Waals surface area contributed by atoms with Gasteiger partial charge in [-0.1, -0.05) is 55.5 Å². The van der Waals surface area contributed by atoms with E-state index in [9.17, 15) is 4.79 Å². The predicted molar refractivity (Wildman–Crippen MR) is 117 cm³/mol. The van der Waals surface area contributed by atoms with Gasteiger partial charge in [0.25, 0.3) is 5.91 Å². The van der Waals surface area contributed by atoms with E-state index in [-0.39, 0.29) is 12.0 Å². The van der Waals surface area contributed by atoms with Gasteiger partial charge in [-0.2, -0.15) is 0 Å². The Morgan fingerprint density at radius 3 is 2.17 bits per heavy atom. The van der Waals surface area contributed by atoms with Crippen molar-refractivity contribution in [3.8, 4) is 22.6 Å². The summed E-state index contributed by atoms with van der Waals surface area (Å²) >= 11 is 0. The number of carbonyl (C=O) groups is 1. The number of anilines is 1. The molecule has 1 amide bonds. The van der Waals surface area contributed by atoms with Crippen molar-refractivity contribution < 1.29 is 14.3 Å². The van der Waals surface area contributed by atoms with Crippen molar-refractivity contribution in [1.82, 2.24) is 0 Å². The normalized spacial score (nSPS) is 11.7. The Morgan fingerprint density at radius 2 is 1.52 bits per heavy atom. The van der Waals surface area contributed by atoms with Crippen LogP contribution in [0.1, 0.15) is 27.2 Å². The molecule has 3 aromatic carbocycles. The molecular weight excluding hydrogens is 362 g/mol. The standard InChI is InChI=1S/C25H27NO3/c1-4-24(25(27)26-21-11-8-12-23(17-21)28-18(2)3)29-22-15-13-20(14-16-22)19-9-6-5-7-10-19/h5-18,24H,4H2,1-3H3,(H,26,27). The van der Waals surface area contributed by atoms with Gasteiger partial charge in [-0.25, -0.2) is 0 Å². The Bertz CT molecular complexity index is 920. The summed E-state index contributed by atoms with van der Waals surface area (Å²) in [4.78, 5) is 12.7. The van der Waals surface area contributed by atoms with Crippen LogP contribution in [0.2, 0.25) is 0 Å². The van der Waals surface area contributed by atoms with E-state index in [1.54, 1.807) is 0 Å². The lowest BCUT2D eigenvalue weighted by molar-refractivity contribution is -0.122. The molecule has 0 aliphatic rings.